The summed E-state index contributed by atoms with van der Waals surface area (Å²) in [6.45, 7) is 47.5. The fourth-order valence-corrected chi connectivity index (χ4v) is 24.2. The van der Waals surface area contributed by atoms with E-state index < -0.39 is 37.5 Å². The Hall–Kier alpha value is -5.33. The molecule has 8 heteroatoms. The Bertz CT molecular complexity index is 4100. The number of benzene rings is 4. The number of pyridine rings is 4. The third-order valence-electron chi connectivity index (χ3n) is 22.6. The molecular formula is C93H140GeN4Si3+4. The van der Waals surface area contributed by atoms with Crippen molar-refractivity contribution in [2.24, 2.45) is 51.9 Å². The second kappa shape index (κ2) is 34.3. The van der Waals surface area contributed by atoms with Gasteiger partial charge in [-0.25, -0.2) is 13.7 Å². The van der Waals surface area contributed by atoms with E-state index >= 15 is 0 Å². The molecule has 3 saturated carbocycles. The summed E-state index contributed by atoms with van der Waals surface area (Å²) in [4.78, 5) is 0. The molecule has 544 valence electrons. The van der Waals surface area contributed by atoms with Crippen LogP contribution in [0.25, 0.3) is 45.0 Å². The topological polar surface area (TPSA) is 15.5 Å². The Labute approximate surface area is 624 Å². The summed E-state index contributed by atoms with van der Waals surface area (Å²) in [5.41, 5.74) is 25.7. The normalized spacial score (nSPS) is 15.0. The summed E-state index contributed by atoms with van der Waals surface area (Å²) in [6, 6.07) is 41.9. The number of hydrogen-bond donors (Lipinski definition) is 0. The van der Waals surface area contributed by atoms with Gasteiger partial charge in [0.05, 0.1) is 24.2 Å². The molecule has 3 aliphatic carbocycles. The van der Waals surface area contributed by atoms with Crippen molar-refractivity contribution in [1.82, 2.24) is 0 Å². The van der Waals surface area contributed by atoms with E-state index in [1.807, 2.05) is 0 Å². The van der Waals surface area contributed by atoms with Gasteiger partial charge < -0.3 is 0 Å². The van der Waals surface area contributed by atoms with Crippen molar-refractivity contribution < 1.29 is 18.3 Å². The van der Waals surface area contributed by atoms with Crippen molar-refractivity contribution in [2.75, 3.05) is 0 Å². The van der Waals surface area contributed by atoms with Gasteiger partial charge in [0.25, 0.3) is 0 Å². The van der Waals surface area contributed by atoms with Crippen molar-refractivity contribution in [2.45, 2.75) is 266 Å². The SMILES string of the molecule is Cc1cc(C(C)(C)C)ccc1-c1cc([Si](C)(C)C)c(CC2CCCC2)c[n+]1C.Cc1cc(C(C)C)ccc1-c1cc([Si](C)(C)C)c(CC2CCCC2)c[n+]1C.Cc1cc(CC(C)C)ccc1-c1cc([Si](C)(C)C)c(CC2CCCC2)c[n+]1C.Cc1ccccc1-c1cc[c]([Ge]([CH3])([CH3])[CH3])c[n+]1C. The molecular weight excluding hydrogens is 1330 g/mol. The van der Waals surface area contributed by atoms with Gasteiger partial charge in [-0.05, 0) is 149 Å². The Morgan fingerprint density at radius 3 is 1.11 bits per heavy atom. The molecule has 3 fully saturated rings. The molecule has 0 radical (unpaired) electrons. The first-order valence-electron chi connectivity index (χ1n) is 39.6. The summed E-state index contributed by atoms with van der Waals surface area (Å²) >= 11 is -1.72. The maximum absolute atomic E-state index is 2.54. The second-order valence-electron chi connectivity index (χ2n) is 37.7. The van der Waals surface area contributed by atoms with Crippen LogP contribution in [0.3, 0.4) is 0 Å². The molecule has 0 amide bonds. The Morgan fingerprint density at radius 2 is 0.772 bits per heavy atom. The van der Waals surface area contributed by atoms with Crippen molar-refractivity contribution in [3.63, 3.8) is 0 Å². The van der Waals surface area contributed by atoms with Crippen molar-refractivity contribution >= 4 is 57.4 Å². The zero-order valence-corrected chi connectivity index (χ0v) is 74.3. The third-order valence-corrected chi connectivity index (χ3v) is 33.1. The molecule has 0 saturated heterocycles. The number of hydrogen-bond acceptors (Lipinski definition) is 0. The predicted molar refractivity (Wildman–Crippen MR) is 451 cm³/mol. The minimum atomic E-state index is -1.72. The van der Waals surface area contributed by atoms with Gasteiger partial charge in [0.2, 0.25) is 17.1 Å². The quantitative estimate of drug-likeness (QED) is 0.0638. The standard InChI is InChI=1S/2C26H40NSi.C25H38NSi.C16H22GeN/c1-19-15-22(26(2,3)4)13-14-23(19)24-17-25(28(6,7)8)21(18-27(24)5)16-20-11-9-10-12-20;1-19(2)14-22-12-13-24(20(3)15-22)25-17-26(28(5,6)7)23(18-27(25)4)16-21-10-8-9-11-21;1-18(2)21-12-13-23(19(3)14-21)24-16-25(27(5,6)7)22(17-26(24)4)15-20-10-8-9-11-20;1-13-8-6-7-9-15(13)16-11-10-14(12-18(16)5)17(2,3)4/h13-15,17-18,20H,9-12,16H2,1-8H3;12-13,15,17-19,21H,8-11,14,16H2,1-7H3;12-14,16-18,20H,8-11,15H2,1-7H3;6-12H,1-5H3/q4*+1. The van der Waals surface area contributed by atoms with Gasteiger partial charge in [0, 0.05) is 51.6 Å². The Balaban J connectivity index is 0.000000173. The molecule has 4 aromatic heterocycles. The molecule has 4 heterocycles. The molecule has 4 aromatic carbocycles. The van der Waals surface area contributed by atoms with Crippen LogP contribution in [0.15, 0.2) is 134 Å². The predicted octanol–water partition coefficient (Wildman–Crippen LogP) is 20.9. The number of aromatic nitrogens is 4. The van der Waals surface area contributed by atoms with Crippen LogP contribution >= 0.6 is 0 Å². The monoisotopic (exact) mass is 1470 g/mol. The Morgan fingerprint density at radius 1 is 0.406 bits per heavy atom. The zero-order valence-electron chi connectivity index (χ0n) is 69.2. The van der Waals surface area contributed by atoms with Gasteiger partial charge in [-0.15, -0.1) is 0 Å². The van der Waals surface area contributed by atoms with Crippen LogP contribution in [0.1, 0.15) is 187 Å². The summed E-state index contributed by atoms with van der Waals surface area (Å²) in [6.07, 6.45) is 31.8. The van der Waals surface area contributed by atoms with E-state index in [2.05, 4.69) is 333 Å². The van der Waals surface area contributed by atoms with Gasteiger partial charge in [-0.1, -0.05) is 221 Å². The third kappa shape index (κ3) is 21.9. The van der Waals surface area contributed by atoms with Gasteiger partial charge in [0.15, 0.2) is 18.6 Å². The van der Waals surface area contributed by atoms with E-state index in [0.29, 0.717) is 11.8 Å². The molecule has 0 N–H and O–H groups in total. The van der Waals surface area contributed by atoms with Gasteiger partial charge >= 0.3 is 113 Å². The van der Waals surface area contributed by atoms with E-state index in [4.69, 9.17) is 0 Å². The van der Waals surface area contributed by atoms with Crippen LogP contribution in [-0.2, 0) is 59.3 Å². The van der Waals surface area contributed by atoms with Crippen LogP contribution in [0.5, 0.6) is 0 Å². The summed E-state index contributed by atoms with van der Waals surface area (Å²) in [5.74, 6) is 11.3. The van der Waals surface area contributed by atoms with E-state index in [-0.39, 0.29) is 5.41 Å². The molecule has 0 unspecified atom stereocenters. The average Bonchev–Trinajstić information content (AvgIpc) is 1.23. The second-order valence-corrected chi connectivity index (χ2v) is 63.4. The van der Waals surface area contributed by atoms with Gasteiger partial charge in [0.1, 0.15) is 21.1 Å². The van der Waals surface area contributed by atoms with Crippen molar-refractivity contribution in [3.8, 4) is 45.0 Å². The van der Waals surface area contributed by atoms with E-state index in [1.165, 1.54) is 180 Å². The molecule has 0 aliphatic heterocycles. The molecule has 0 atom stereocenters. The summed E-state index contributed by atoms with van der Waals surface area (Å²) < 4.78 is 11.0. The maximum atomic E-state index is 2.54. The van der Waals surface area contributed by atoms with Crippen molar-refractivity contribution in [3.05, 3.63) is 190 Å². The Kier molecular flexibility index (Phi) is 27.6. The first-order chi connectivity index (χ1) is 47.2. The molecule has 11 rings (SSSR count). The minimum absolute atomic E-state index is 0.195. The van der Waals surface area contributed by atoms with Crippen LogP contribution in [-0.4, -0.2) is 37.5 Å². The van der Waals surface area contributed by atoms with E-state index in [9.17, 15) is 0 Å². The molecule has 3 aliphatic rings. The van der Waals surface area contributed by atoms with Gasteiger partial charge in [-0.2, -0.15) is 0 Å². The summed E-state index contributed by atoms with van der Waals surface area (Å²) in [7, 11) is 4.65. The molecule has 101 heavy (non-hydrogen) atoms. The number of rotatable bonds is 17. The molecule has 4 nitrogen and oxygen atoms in total. The van der Waals surface area contributed by atoms with Crippen LogP contribution in [0.2, 0.25) is 76.2 Å². The van der Waals surface area contributed by atoms with E-state index in [1.54, 1.807) is 36.6 Å². The average molecular weight is 1470 g/mol. The fourth-order valence-electron chi connectivity index (χ4n) is 16.6. The first-order valence-corrected chi connectivity index (χ1v) is 57.5. The first kappa shape index (κ1) is 81.3. The number of aryl methyl sites for hydroxylation is 8. The van der Waals surface area contributed by atoms with Crippen LogP contribution < -0.4 is 38.2 Å². The summed E-state index contributed by atoms with van der Waals surface area (Å²) in [5, 5.41) is 4.99. The van der Waals surface area contributed by atoms with E-state index in [0.717, 1.165) is 24.2 Å². The van der Waals surface area contributed by atoms with Crippen LogP contribution in [0, 0.1) is 51.4 Å². The van der Waals surface area contributed by atoms with Crippen LogP contribution in [0.4, 0.5) is 0 Å². The fraction of sp³-hybridized carbons (Fsp3) is 0.527. The molecule has 0 bridgehead atoms. The van der Waals surface area contributed by atoms with Crippen molar-refractivity contribution in [1.29, 1.82) is 0 Å². The number of nitrogens with zero attached hydrogens (tertiary/aromatic N) is 4. The molecule has 8 aromatic rings. The van der Waals surface area contributed by atoms with Gasteiger partial charge in [-0.3, -0.25) is 0 Å². The molecule has 0 spiro atoms. The zero-order chi connectivity index (χ0) is 74.3.